The molecule has 0 saturated heterocycles. The van der Waals surface area contributed by atoms with Gasteiger partial charge in [-0.05, 0) is 43.9 Å². The summed E-state index contributed by atoms with van der Waals surface area (Å²) >= 11 is 0. The molecule has 4 heteroatoms. The molecule has 3 rings (SSSR count). The van der Waals surface area contributed by atoms with Crippen LogP contribution >= 0.6 is 0 Å². The lowest BCUT2D eigenvalue weighted by atomic mass is 9.84. The maximum Gasteiger partial charge on any atom is 0.300 e. The molecule has 0 atom stereocenters. The molecule has 0 amide bonds. The summed E-state index contributed by atoms with van der Waals surface area (Å²) in [5, 5.41) is 0. The summed E-state index contributed by atoms with van der Waals surface area (Å²) in [5.41, 5.74) is 6.35. The van der Waals surface area contributed by atoms with Crippen molar-refractivity contribution in [2.24, 2.45) is 7.05 Å². The molecular formula is C23H32N4+2. The van der Waals surface area contributed by atoms with E-state index in [-0.39, 0.29) is 5.41 Å². The molecular weight excluding hydrogens is 332 g/mol. The van der Waals surface area contributed by atoms with Crippen molar-refractivity contribution in [3.05, 3.63) is 59.8 Å². The zero-order valence-electron chi connectivity index (χ0n) is 17.9. The third-order valence-corrected chi connectivity index (χ3v) is 5.32. The van der Waals surface area contributed by atoms with E-state index in [4.69, 9.17) is 0 Å². The Hall–Kier alpha value is -2.49. The summed E-state index contributed by atoms with van der Waals surface area (Å²) in [6, 6.07) is 9.30. The molecule has 0 unspecified atom stereocenters. The summed E-state index contributed by atoms with van der Waals surface area (Å²) in [7, 11) is 2.14. The average molecular weight is 365 g/mol. The van der Waals surface area contributed by atoms with Crippen LogP contribution in [0.25, 0.3) is 16.9 Å². The van der Waals surface area contributed by atoms with Crippen LogP contribution in [0.5, 0.6) is 0 Å². The molecule has 0 fully saturated rings. The number of aromatic nitrogens is 4. The van der Waals surface area contributed by atoms with E-state index in [1.54, 1.807) is 0 Å². The van der Waals surface area contributed by atoms with Gasteiger partial charge >= 0.3 is 0 Å². The number of benzene rings is 1. The molecule has 142 valence electrons. The van der Waals surface area contributed by atoms with Crippen LogP contribution < -0.4 is 9.25 Å². The van der Waals surface area contributed by atoms with Gasteiger partial charge < -0.3 is 0 Å². The summed E-state index contributed by atoms with van der Waals surface area (Å²) in [6.45, 7) is 15.5. The molecule has 2 aromatic heterocycles. The smallest absolute Gasteiger partial charge is 0.200 e. The first-order valence-electron chi connectivity index (χ1n) is 9.67. The van der Waals surface area contributed by atoms with Crippen molar-refractivity contribution < 1.29 is 9.25 Å². The van der Waals surface area contributed by atoms with Crippen molar-refractivity contribution >= 4 is 0 Å². The van der Waals surface area contributed by atoms with Crippen molar-refractivity contribution in [2.45, 2.75) is 59.9 Å². The van der Waals surface area contributed by atoms with Crippen LogP contribution in [0.4, 0.5) is 0 Å². The Labute approximate surface area is 163 Å². The van der Waals surface area contributed by atoms with E-state index in [1.807, 2.05) is 12.3 Å². The van der Waals surface area contributed by atoms with Crippen LogP contribution in [-0.4, -0.2) is 9.67 Å². The van der Waals surface area contributed by atoms with Crippen LogP contribution in [0.2, 0.25) is 0 Å². The second kappa shape index (κ2) is 6.91. The summed E-state index contributed by atoms with van der Waals surface area (Å²) in [5.74, 6) is 0.988. The molecule has 27 heavy (non-hydrogen) atoms. The minimum Gasteiger partial charge on any atom is -0.200 e. The quantitative estimate of drug-likeness (QED) is 0.641. The molecule has 0 aliphatic rings. The van der Waals surface area contributed by atoms with Gasteiger partial charge in [-0.15, -0.1) is 4.68 Å². The van der Waals surface area contributed by atoms with Crippen LogP contribution in [0.1, 0.15) is 57.6 Å². The predicted molar refractivity (Wildman–Crippen MR) is 109 cm³/mol. The molecule has 0 radical (unpaired) electrons. The molecule has 0 N–H and O–H groups in total. The lowest BCUT2D eigenvalue weighted by Crippen LogP contribution is -2.43. The van der Waals surface area contributed by atoms with Crippen molar-refractivity contribution in [3.63, 3.8) is 0 Å². The number of hydrogen-bond donors (Lipinski definition) is 0. The fraction of sp³-hybridized carbons (Fsp3) is 0.435. The van der Waals surface area contributed by atoms with E-state index in [0.717, 1.165) is 5.82 Å². The van der Waals surface area contributed by atoms with Gasteiger partial charge in [-0.2, -0.15) is 4.68 Å². The highest BCUT2D eigenvalue weighted by atomic mass is 15.4. The second-order valence-electron chi connectivity index (χ2n) is 8.65. The standard InChI is InChI=1S/C23H32N4/c1-16(2)27-13-10-21(25(27)8)20-14-19(23(5,6)7)15-22(17(20)3)26-12-9-11-24-18(26)4/h9-16H,1-8H3/q+2. The number of rotatable bonds is 3. The number of hydrogen-bond acceptors (Lipinski definition) is 1. The Balaban J connectivity index is 2.32. The minimum atomic E-state index is 0.0626. The van der Waals surface area contributed by atoms with E-state index >= 15 is 0 Å². The van der Waals surface area contributed by atoms with Gasteiger partial charge in [-0.25, -0.2) is 4.57 Å². The second-order valence-corrected chi connectivity index (χ2v) is 8.65. The predicted octanol–water partition coefficient (Wildman–Crippen LogP) is 4.15. The van der Waals surface area contributed by atoms with Gasteiger partial charge in [0.15, 0.2) is 12.2 Å². The van der Waals surface area contributed by atoms with Crippen molar-refractivity contribution in [1.82, 2.24) is 9.67 Å². The van der Waals surface area contributed by atoms with Gasteiger partial charge in [0, 0.05) is 30.2 Å². The van der Waals surface area contributed by atoms with E-state index < -0.39 is 0 Å². The Morgan fingerprint density at radius 2 is 1.78 bits per heavy atom. The monoisotopic (exact) mass is 364 g/mol. The lowest BCUT2D eigenvalue weighted by Gasteiger charge is -2.22. The van der Waals surface area contributed by atoms with Gasteiger partial charge in [0.2, 0.25) is 0 Å². The molecule has 3 aromatic rings. The van der Waals surface area contributed by atoms with E-state index in [1.165, 1.54) is 28.1 Å². The number of nitrogens with zero attached hydrogens (tertiary/aromatic N) is 4. The van der Waals surface area contributed by atoms with Crippen molar-refractivity contribution in [2.75, 3.05) is 0 Å². The lowest BCUT2D eigenvalue weighted by molar-refractivity contribution is -0.789. The first-order chi connectivity index (χ1) is 12.6. The van der Waals surface area contributed by atoms with Crippen LogP contribution in [0.3, 0.4) is 0 Å². The van der Waals surface area contributed by atoms with Gasteiger partial charge in [0.25, 0.3) is 5.82 Å². The summed E-state index contributed by atoms with van der Waals surface area (Å²) in [6.07, 6.45) is 6.12. The highest BCUT2D eigenvalue weighted by Gasteiger charge is 2.25. The first-order valence-corrected chi connectivity index (χ1v) is 9.67. The molecule has 0 bridgehead atoms. The topological polar surface area (TPSA) is 25.6 Å². The van der Waals surface area contributed by atoms with E-state index in [0.29, 0.717) is 6.04 Å². The van der Waals surface area contributed by atoms with Gasteiger partial charge in [-0.3, -0.25) is 0 Å². The zero-order valence-corrected chi connectivity index (χ0v) is 17.9. The summed E-state index contributed by atoms with van der Waals surface area (Å²) < 4.78 is 6.71. The molecule has 2 heterocycles. The third kappa shape index (κ3) is 3.53. The SMILES string of the molecule is Cc1c(-c2cc[n+](C(C)C)n2C)cc(C(C)(C)C)cc1-[n+]1cccnc1C. The Morgan fingerprint density at radius 1 is 1.07 bits per heavy atom. The maximum atomic E-state index is 4.49. The molecule has 0 saturated carbocycles. The minimum absolute atomic E-state index is 0.0626. The fourth-order valence-electron chi connectivity index (χ4n) is 3.61. The molecule has 0 aliphatic carbocycles. The molecule has 0 aliphatic heterocycles. The zero-order chi connectivity index (χ0) is 19.9. The van der Waals surface area contributed by atoms with Crippen molar-refractivity contribution in [3.8, 4) is 16.9 Å². The highest BCUT2D eigenvalue weighted by Crippen LogP contribution is 2.32. The first kappa shape index (κ1) is 19.3. The molecule has 0 spiro atoms. The highest BCUT2D eigenvalue weighted by molar-refractivity contribution is 5.68. The van der Waals surface area contributed by atoms with Gasteiger partial charge in [0.05, 0.1) is 7.05 Å². The van der Waals surface area contributed by atoms with Gasteiger partial charge in [-0.1, -0.05) is 25.8 Å². The number of aryl methyl sites for hydroxylation is 1. The van der Waals surface area contributed by atoms with Crippen molar-refractivity contribution in [1.29, 1.82) is 0 Å². The van der Waals surface area contributed by atoms with E-state index in [9.17, 15) is 0 Å². The maximum absolute atomic E-state index is 4.49. The Morgan fingerprint density at radius 3 is 2.33 bits per heavy atom. The molecule has 4 nitrogen and oxygen atoms in total. The summed E-state index contributed by atoms with van der Waals surface area (Å²) in [4.78, 5) is 4.49. The third-order valence-electron chi connectivity index (χ3n) is 5.32. The van der Waals surface area contributed by atoms with Crippen LogP contribution in [0, 0.1) is 13.8 Å². The van der Waals surface area contributed by atoms with Crippen LogP contribution in [0.15, 0.2) is 42.9 Å². The van der Waals surface area contributed by atoms with Crippen LogP contribution in [-0.2, 0) is 12.5 Å². The normalized spacial score (nSPS) is 12.0. The van der Waals surface area contributed by atoms with E-state index in [2.05, 4.69) is 105 Å². The Bertz CT molecular complexity index is 975. The average Bonchev–Trinajstić information content (AvgIpc) is 2.96. The largest absolute Gasteiger partial charge is 0.300 e. The fourth-order valence-corrected chi connectivity index (χ4v) is 3.61. The van der Waals surface area contributed by atoms with Gasteiger partial charge in [0.1, 0.15) is 23.8 Å². The Kier molecular flexibility index (Phi) is 4.94. The molecule has 1 aromatic carbocycles.